The summed E-state index contributed by atoms with van der Waals surface area (Å²) in [6.07, 6.45) is 2.72. The van der Waals surface area contributed by atoms with Gasteiger partial charge in [-0.1, -0.05) is 24.3 Å². The van der Waals surface area contributed by atoms with E-state index < -0.39 is 5.97 Å². The molecule has 25 heavy (non-hydrogen) atoms. The number of anilines is 1. The normalized spacial score (nSPS) is 13.6. The molecule has 0 spiro atoms. The summed E-state index contributed by atoms with van der Waals surface area (Å²) >= 11 is 0. The molecule has 1 aliphatic rings. The van der Waals surface area contributed by atoms with Crippen LogP contribution in [0.1, 0.15) is 40.1 Å². The molecule has 5 nitrogen and oxygen atoms in total. The predicted octanol–water partition coefficient (Wildman–Crippen LogP) is 3.45. The van der Waals surface area contributed by atoms with E-state index in [1.54, 1.807) is 68.5 Å². The number of hydrogen-bond donors (Lipinski definition) is 0. The maximum atomic E-state index is 12.5. The first-order chi connectivity index (χ1) is 12.0. The second-order valence-electron chi connectivity index (χ2n) is 5.91. The van der Waals surface area contributed by atoms with Gasteiger partial charge in [0.2, 0.25) is 0 Å². The zero-order valence-electron chi connectivity index (χ0n) is 13.9. The van der Waals surface area contributed by atoms with Crippen molar-refractivity contribution in [1.82, 2.24) is 0 Å². The van der Waals surface area contributed by atoms with Crippen LogP contribution in [0.3, 0.4) is 0 Å². The number of rotatable bonds is 4. The van der Waals surface area contributed by atoms with Gasteiger partial charge < -0.3 is 4.74 Å². The molecule has 0 fully saturated rings. The summed E-state index contributed by atoms with van der Waals surface area (Å²) < 4.78 is 5.03. The third kappa shape index (κ3) is 3.35. The van der Waals surface area contributed by atoms with E-state index in [4.69, 9.17) is 4.74 Å². The fraction of sp³-hybridized carbons (Fsp3) is 0.150. The Kier molecular flexibility index (Phi) is 4.48. The van der Waals surface area contributed by atoms with Crippen LogP contribution in [-0.4, -0.2) is 23.9 Å². The van der Waals surface area contributed by atoms with Gasteiger partial charge in [0.15, 0.2) is 0 Å². The Labute approximate surface area is 145 Å². The smallest absolute Gasteiger partial charge is 0.331 e. The molecule has 0 radical (unpaired) electrons. The number of hydrogen-bond acceptors (Lipinski definition) is 4. The number of nitrogens with zero attached hydrogens (tertiary/aromatic N) is 1. The van der Waals surface area contributed by atoms with Crippen LogP contribution in [0.4, 0.5) is 5.69 Å². The maximum Gasteiger partial charge on any atom is 0.331 e. The molecule has 0 bridgehead atoms. The Bertz CT molecular complexity index is 848. The lowest BCUT2D eigenvalue weighted by atomic mass is 10.1. The molecule has 2 aromatic rings. The molecule has 2 amide bonds. The second-order valence-corrected chi connectivity index (χ2v) is 5.91. The topological polar surface area (TPSA) is 63.7 Å². The van der Waals surface area contributed by atoms with Gasteiger partial charge in [0.25, 0.3) is 11.8 Å². The maximum absolute atomic E-state index is 12.5. The van der Waals surface area contributed by atoms with Crippen molar-refractivity contribution in [2.75, 3.05) is 4.90 Å². The molecule has 0 saturated carbocycles. The molecule has 0 saturated heterocycles. The molecular formula is C20H17NO4. The van der Waals surface area contributed by atoms with Crippen molar-refractivity contribution in [3.05, 3.63) is 71.3 Å². The van der Waals surface area contributed by atoms with E-state index in [9.17, 15) is 14.4 Å². The average molecular weight is 335 g/mol. The standard InChI is InChI=1S/C20H17NO4/c1-13(2)25-18(22)11-10-14-6-5-7-15(12-14)21-19(23)16-8-3-4-9-17(16)20(21)24/h3-13H,1-2H3/b11-10+. The third-order valence-electron chi connectivity index (χ3n) is 3.69. The summed E-state index contributed by atoms with van der Waals surface area (Å²) in [6.45, 7) is 3.54. The third-order valence-corrected chi connectivity index (χ3v) is 3.69. The highest BCUT2D eigenvalue weighted by Gasteiger charge is 2.36. The first-order valence-electron chi connectivity index (χ1n) is 7.94. The Balaban J connectivity index is 1.86. The number of amides is 2. The highest BCUT2D eigenvalue weighted by atomic mass is 16.5. The van der Waals surface area contributed by atoms with Gasteiger partial charge in [-0.15, -0.1) is 0 Å². The summed E-state index contributed by atoms with van der Waals surface area (Å²) in [5.74, 6) is -1.14. The quantitative estimate of drug-likeness (QED) is 0.488. The van der Waals surface area contributed by atoms with Gasteiger partial charge in [0.05, 0.1) is 22.9 Å². The van der Waals surface area contributed by atoms with Crippen LogP contribution in [0.25, 0.3) is 6.08 Å². The average Bonchev–Trinajstić information content (AvgIpc) is 2.84. The minimum atomic E-state index is -0.443. The number of benzene rings is 2. The van der Waals surface area contributed by atoms with Crippen LogP contribution >= 0.6 is 0 Å². The molecule has 1 aliphatic heterocycles. The van der Waals surface area contributed by atoms with E-state index in [1.165, 1.54) is 6.08 Å². The molecule has 0 aliphatic carbocycles. The predicted molar refractivity (Wildman–Crippen MR) is 94.3 cm³/mol. The van der Waals surface area contributed by atoms with Crippen molar-refractivity contribution in [3.63, 3.8) is 0 Å². The number of imide groups is 1. The summed E-state index contributed by atoms with van der Waals surface area (Å²) in [7, 11) is 0. The first-order valence-corrected chi connectivity index (χ1v) is 7.94. The van der Waals surface area contributed by atoms with Gasteiger partial charge in [-0.2, -0.15) is 0 Å². The molecule has 0 aromatic heterocycles. The SMILES string of the molecule is CC(C)OC(=O)/C=C/c1cccc(N2C(=O)c3ccccc3C2=O)c1. The molecule has 5 heteroatoms. The van der Waals surface area contributed by atoms with Crippen LogP contribution in [0, 0.1) is 0 Å². The van der Waals surface area contributed by atoms with Crippen molar-refractivity contribution in [3.8, 4) is 0 Å². The van der Waals surface area contributed by atoms with E-state index >= 15 is 0 Å². The zero-order valence-corrected chi connectivity index (χ0v) is 13.9. The zero-order chi connectivity index (χ0) is 18.0. The number of ether oxygens (including phenoxy) is 1. The van der Waals surface area contributed by atoms with E-state index in [0.29, 0.717) is 22.4 Å². The molecule has 0 unspecified atom stereocenters. The fourth-order valence-corrected chi connectivity index (χ4v) is 2.63. The van der Waals surface area contributed by atoms with E-state index in [0.717, 1.165) is 4.90 Å². The van der Waals surface area contributed by atoms with E-state index in [2.05, 4.69) is 0 Å². The largest absolute Gasteiger partial charge is 0.460 e. The fourth-order valence-electron chi connectivity index (χ4n) is 2.63. The lowest BCUT2D eigenvalue weighted by molar-refractivity contribution is -0.141. The molecule has 126 valence electrons. The van der Waals surface area contributed by atoms with Gasteiger partial charge in [-0.25, -0.2) is 9.69 Å². The summed E-state index contributed by atoms with van der Waals surface area (Å²) in [4.78, 5) is 37.8. The lowest BCUT2D eigenvalue weighted by Gasteiger charge is -2.14. The minimum absolute atomic E-state index is 0.193. The number of carbonyl (C=O) groups excluding carboxylic acids is 3. The number of esters is 1. The molecule has 0 atom stereocenters. The molecular weight excluding hydrogens is 318 g/mol. The highest BCUT2D eigenvalue weighted by Crippen LogP contribution is 2.28. The van der Waals surface area contributed by atoms with Crippen LogP contribution in [0.15, 0.2) is 54.6 Å². The van der Waals surface area contributed by atoms with Crippen LogP contribution in [-0.2, 0) is 9.53 Å². The van der Waals surface area contributed by atoms with Gasteiger partial charge in [0, 0.05) is 6.08 Å². The van der Waals surface area contributed by atoms with Gasteiger partial charge in [-0.05, 0) is 49.8 Å². The molecule has 0 N–H and O–H groups in total. The Morgan fingerprint density at radius 2 is 1.64 bits per heavy atom. The molecule has 2 aromatic carbocycles. The van der Waals surface area contributed by atoms with Crippen LogP contribution in [0.2, 0.25) is 0 Å². The van der Waals surface area contributed by atoms with Crippen molar-refractivity contribution in [1.29, 1.82) is 0 Å². The highest BCUT2D eigenvalue weighted by molar-refractivity contribution is 6.34. The Morgan fingerprint density at radius 1 is 1.00 bits per heavy atom. The van der Waals surface area contributed by atoms with Crippen molar-refractivity contribution in [2.24, 2.45) is 0 Å². The van der Waals surface area contributed by atoms with Crippen molar-refractivity contribution in [2.45, 2.75) is 20.0 Å². The lowest BCUT2D eigenvalue weighted by Crippen LogP contribution is -2.29. The number of carbonyl (C=O) groups is 3. The molecule has 1 heterocycles. The Morgan fingerprint density at radius 3 is 2.24 bits per heavy atom. The van der Waals surface area contributed by atoms with Crippen molar-refractivity contribution >= 4 is 29.5 Å². The van der Waals surface area contributed by atoms with Crippen molar-refractivity contribution < 1.29 is 19.1 Å². The summed E-state index contributed by atoms with van der Waals surface area (Å²) in [5.41, 5.74) is 1.95. The molecule has 3 rings (SSSR count). The Hall–Kier alpha value is -3.21. The first kappa shape index (κ1) is 16.6. The van der Waals surface area contributed by atoms with Crippen LogP contribution < -0.4 is 4.90 Å². The summed E-state index contributed by atoms with van der Waals surface area (Å²) in [6, 6.07) is 13.6. The van der Waals surface area contributed by atoms with E-state index in [1.807, 2.05) is 0 Å². The van der Waals surface area contributed by atoms with Gasteiger partial charge >= 0.3 is 5.97 Å². The van der Waals surface area contributed by atoms with Crippen LogP contribution in [0.5, 0.6) is 0 Å². The van der Waals surface area contributed by atoms with Gasteiger partial charge in [-0.3, -0.25) is 9.59 Å². The number of fused-ring (bicyclic) bond motifs is 1. The monoisotopic (exact) mass is 335 g/mol. The second kappa shape index (κ2) is 6.73. The van der Waals surface area contributed by atoms with Gasteiger partial charge in [0.1, 0.15) is 0 Å². The summed E-state index contributed by atoms with van der Waals surface area (Å²) in [5, 5.41) is 0. The van der Waals surface area contributed by atoms with E-state index in [-0.39, 0.29) is 17.9 Å². The minimum Gasteiger partial charge on any atom is -0.460 e.